The molecule has 0 aromatic rings. The molecule has 0 saturated carbocycles. The highest BCUT2D eigenvalue weighted by Gasteiger charge is 1.95. The number of hydrogen-bond donors (Lipinski definition) is 2. The van der Waals surface area contributed by atoms with E-state index in [1.54, 1.807) is 0 Å². The molecule has 0 atom stereocenters. The van der Waals surface area contributed by atoms with Gasteiger partial charge in [0, 0.05) is 23.6 Å². The summed E-state index contributed by atoms with van der Waals surface area (Å²) >= 11 is 0. The van der Waals surface area contributed by atoms with Crippen LogP contribution in [0.5, 0.6) is 0 Å². The minimum Gasteiger partial charge on any atom is -0.759 e. The highest BCUT2D eigenvalue weighted by molar-refractivity contribution is 7.79. The lowest BCUT2D eigenvalue weighted by Crippen LogP contribution is -1.97. The van der Waals surface area contributed by atoms with E-state index >= 15 is 0 Å². The van der Waals surface area contributed by atoms with Crippen LogP contribution in [-0.4, -0.2) is 30.7 Å². The monoisotopic (exact) mass is 514 g/mol. The maximum atomic E-state index is 8.52. The molecular weight excluding hydrogens is 452 g/mol. The molecule has 7 nitrogen and oxygen atoms in total. The second kappa shape index (κ2) is 34.9. The Labute approximate surface area is 213 Å². The number of unbranched alkanes of at least 4 members (excludes halogenated alkanes) is 20. The van der Waals surface area contributed by atoms with E-state index in [0.29, 0.717) is 0 Å². The van der Waals surface area contributed by atoms with Crippen molar-refractivity contribution in [3.8, 4) is 0 Å². The minimum absolute atomic E-state index is 0. The third kappa shape index (κ3) is 53.2. The van der Waals surface area contributed by atoms with Crippen LogP contribution in [0.3, 0.4) is 0 Å². The molecule has 8 N–H and O–H groups in total. The largest absolute Gasteiger partial charge is 0.759 e. The van der Waals surface area contributed by atoms with Gasteiger partial charge in [0.2, 0.25) is 0 Å². The van der Waals surface area contributed by atoms with E-state index in [0.717, 1.165) is 13.2 Å². The fourth-order valence-corrected chi connectivity index (χ4v) is 3.84. The summed E-state index contributed by atoms with van der Waals surface area (Å²) in [5.74, 6) is 0. The molecule has 0 fully saturated rings. The topological polar surface area (TPSA) is 162 Å². The lowest BCUT2D eigenvalue weighted by Gasteiger charge is -2.06. The molecule has 0 aliphatic rings. The summed E-state index contributed by atoms with van der Waals surface area (Å²) in [6.45, 7) is 6.58. The fourth-order valence-electron chi connectivity index (χ4n) is 3.84. The molecule has 0 bridgehead atoms. The van der Waals surface area contributed by atoms with Gasteiger partial charge in [-0.25, -0.2) is 0 Å². The maximum Gasteiger partial charge on any atom is 0.0466 e. The molecule has 0 aromatic heterocycles. The fraction of sp³-hybridized carbons (Fsp3) is 1.00. The van der Waals surface area contributed by atoms with Crippen LogP contribution in [0.15, 0.2) is 0 Å². The summed E-state index contributed by atoms with van der Waals surface area (Å²) in [4.78, 5) is 0. The first-order chi connectivity index (χ1) is 15.4. The van der Waals surface area contributed by atoms with Crippen LogP contribution < -0.4 is 12.3 Å². The highest BCUT2D eigenvalue weighted by atomic mass is 32.3. The van der Waals surface area contributed by atoms with E-state index in [4.69, 9.17) is 22.3 Å². The van der Waals surface area contributed by atoms with Gasteiger partial charge < -0.3 is 26.1 Å². The lowest BCUT2D eigenvalue weighted by atomic mass is 10.1. The van der Waals surface area contributed by atoms with Gasteiger partial charge in [0.15, 0.2) is 0 Å². The van der Waals surface area contributed by atoms with E-state index < -0.39 is 10.4 Å². The molecule has 0 heterocycles. The van der Waals surface area contributed by atoms with Crippen molar-refractivity contribution in [3.05, 3.63) is 0 Å². The van der Waals surface area contributed by atoms with Crippen molar-refractivity contribution in [3.63, 3.8) is 0 Å². The van der Waals surface area contributed by atoms with Gasteiger partial charge >= 0.3 is 0 Å². The molecule has 0 radical (unpaired) electrons. The number of rotatable bonds is 24. The Morgan fingerprint density at radius 3 is 0.824 bits per heavy atom. The van der Waals surface area contributed by atoms with Crippen molar-refractivity contribution in [1.82, 2.24) is 12.3 Å². The molecule has 0 aliphatic heterocycles. The Morgan fingerprint density at radius 1 is 0.441 bits per heavy atom. The predicted octanol–water partition coefficient (Wildman–Crippen LogP) is 9.04. The zero-order valence-electron chi connectivity index (χ0n) is 23.4. The summed E-state index contributed by atoms with van der Waals surface area (Å²) < 4.78 is 39.9. The van der Waals surface area contributed by atoms with E-state index in [9.17, 15) is 0 Å². The van der Waals surface area contributed by atoms with E-state index in [1.807, 2.05) is 0 Å². The van der Waals surface area contributed by atoms with Crippen molar-refractivity contribution in [2.45, 2.75) is 155 Å². The van der Waals surface area contributed by atoms with Crippen LogP contribution >= 0.6 is 0 Å². The van der Waals surface area contributed by atoms with Crippen molar-refractivity contribution in [2.75, 3.05) is 13.2 Å². The zero-order valence-corrected chi connectivity index (χ0v) is 24.2. The first-order valence-corrected chi connectivity index (χ1v) is 15.0. The summed E-state index contributed by atoms with van der Waals surface area (Å²) in [6.07, 6.45) is 31.1. The Morgan fingerprint density at radius 2 is 0.618 bits per heavy atom. The van der Waals surface area contributed by atoms with Crippen molar-refractivity contribution in [1.29, 1.82) is 0 Å². The average Bonchev–Trinajstić information content (AvgIpc) is 2.73. The normalized spacial score (nSPS) is 10.7. The lowest BCUT2D eigenvalue weighted by molar-refractivity contribution is 0.125. The molecule has 0 aromatic carbocycles. The minimum atomic E-state index is -5.17. The molecule has 0 saturated heterocycles. The van der Waals surface area contributed by atoms with Gasteiger partial charge in [0.1, 0.15) is 0 Å². The highest BCUT2D eigenvalue weighted by Crippen LogP contribution is 2.12. The van der Waals surface area contributed by atoms with Crippen LogP contribution in [0.2, 0.25) is 0 Å². The van der Waals surface area contributed by atoms with Gasteiger partial charge in [0.05, 0.1) is 0 Å². The molecule has 8 heteroatoms. The first kappa shape index (κ1) is 40.9. The van der Waals surface area contributed by atoms with Crippen LogP contribution in [0, 0.1) is 0 Å². The molecular formula is C26H62N2O5S. The summed E-state index contributed by atoms with van der Waals surface area (Å²) in [7, 11) is -5.17. The molecule has 0 spiro atoms. The molecule has 0 amide bonds. The molecule has 0 unspecified atom stereocenters. The second-order valence-electron chi connectivity index (χ2n) is 9.09. The van der Waals surface area contributed by atoms with Crippen LogP contribution in [0.1, 0.15) is 155 Å². The smallest absolute Gasteiger partial charge is 0.0466 e. The SMILES string of the molecule is CCCCCCCCCCCCCOCCCCCCCCCCCCC.O=S(=O)([O-])[O-].[NH4+].[NH4+]. The third-order valence-electron chi connectivity index (χ3n) is 5.78. The van der Waals surface area contributed by atoms with Crippen molar-refractivity contribution in [2.24, 2.45) is 0 Å². The summed E-state index contributed by atoms with van der Waals surface area (Å²) in [6, 6.07) is 0. The quantitative estimate of drug-likeness (QED) is 0.0743. The first-order valence-electron chi connectivity index (χ1n) is 13.7. The molecule has 0 rings (SSSR count). The predicted molar refractivity (Wildman–Crippen MR) is 146 cm³/mol. The van der Waals surface area contributed by atoms with Crippen LogP contribution in [0.4, 0.5) is 0 Å². The van der Waals surface area contributed by atoms with Gasteiger partial charge in [-0.2, -0.15) is 0 Å². The molecule has 34 heavy (non-hydrogen) atoms. The number of hydrogen-bond acceptors (Lipinski definition) is 5. The van der Waals surface area contributed by atoms with Gasteiger partial charge in [0.25, 0.3) is 0 Å². The Balaban J connectivity index is -0.000000578. The van der Waals surface area contributed by atoms with Crippen LogP contribution in [0.25, 0.3) is 0 Å². The average molecular weight is 515 g/mol. The van der Waals surface area contributed by atoms with E-state index in [-0.39, 0.29) is 12.3 Å². The summed E-state index contributed by atoms with van der Waals surface area (Å²) in [5, 5.41) is 0. The van der Waals surface area contributed by atoms with Crippen molar-refractivity contribution < 1.29 is 22.3 Å². The van der Waals surface area contributed by atoms with E-state index in [2.05, 4.69) is 13.8 Å². The Bertz CT molecular complexity index is 405. The Hall–Kier alpha value is -0.250. The Kier molecular flexibility index (Phi) is 42.0. The number of quaternary nitrogens is 2. The van der Waals surface area contributed by atoms with Gasteiger partial charge in [-0.05, 0) is 12.8 Å². The molecule has 212 valence electrons. The van der Waals surface area contributed by atoms with Gasteiger partial charge in [-0.1, -0.05) is 142 Å². The summed E-state index contributed by atoms with van der Waals surface area (Å²) in [5.41, 5.74) is 0. The zero-order chi connectivity index (χ0) is 24.2. The van der Waals surface area contributed by atoms with Crippen LogP contribution in [-0.2, 0) is 15.1 Å². The van der Waals surface area contributed by atoms with Gasteiger partial charge in [-0.3, -0.25) is 8.42 Å². The third-order valence-corrected chi connectivity index (χ3v) is 5.78. The standard InChI is InChI=1S/C26H54O.2H3N.H2O4S/c1-3-5-7-9-11-13-15-17-19-21-23-25-27-26-24-22-20-18-16-14-12-10-8-6-4-2;;;1-5(2,3)4/h3-26H2,1-2H3;2*1H3;(H2,1,2,3,4). The number of ether oxygens (including phenoxy) is 1. The molecule has 0 aliphatic carbocycles. The maximum absolute atomic E-state index is 8.52. The second-order valence-corrected chi connectivity index (χ2v) is 9.91. The van der Waals surface area contributed by atoms with Gasteiger partial charge in [-0.15, -0.1) is 0 Å². The van der Waals surface area contributed by atoms with E-state index in [1.165, 1.54) is 141 Å². The van der Waals surface area contributed by atoms with Crippen molar-refractivity contribution >= 4 is 10.4 Å².